The van der Waals surface area contributed by atoms with Gasteiger partial charge in [0.05, 0.1) is 7.11 Å². The molecule has 3 rings (SSSR count). The summed E-state index contributed by atoms with van der Waals surface area (Å²) in [6, 6.07) is 18.2. The Hall–Kier alpha value is -2.29. The van der Waals surface area contributed by atoms with Crippen LogP contribution in [0.4, 0.5) is 5.69 Å². The first-order valence-corrected chi connectivity index (χ1v) is 8.59. The number of nitrogens with zero attached hydrogens (tertiary/aromatic N) is 1. The molecule has 3 heteroatoms. The highest BCUT2D eigenvalue weighted by Gasteiger charge is 2.34. The fraction of sp³-hybridized carbons (Fsp3) is 0.381. The van der Waals surface area contributed by atoms with E-state index < -0.39 is 0 Å². The van der Waals surface area contributed by atoms with Gasteiger partial charge in [0.1, 0.15) is 5.75 Å². The first-order valence-electron chi connectivity index (χ1n) is 8.59. The Morgan fingerprint density at radius 1 is 1.00 bits per heavy atom. The zero-order valence-corrected chi connectivity index (χ0v) is 14.6. The van der Waals surface area contributed by atoms with Crippen LogP contribution in [0.25, 0.3) is 0 Å². The van der Waals surface area contributed by atoms with Crippen LogP contribution in [0, 0.1) is 11.8 Å². The van der Waals surface area contributed by atoms with Crippen molar-refractivity contribution in [3.05, 3.63) is 60.2 Å². The van der Waals surface area contributed by atoms with Crippen LogP contribution >= 0.6 is 0 Å². The van der Waals surface area contributed by atoms with Crippen LogP contribution in [-0.2, 0) is 4.79 Å². The number of methoxy groups -OCH3 is 1. The maximum Gasteiger partial charge on any atom is 0.227 e. The molecule has 126 valence electrons. The van der Waals surface area contributed by atoms with Gasteiger partial charge in [0.25, 0.3) is 0 Å². The van der Waals surface area contributed by atoms with Gasteiger partial charge in [0.15, 0.2) is 0 Å². The number of carbonyl (C=O) groups is 1. The number of ether oxygens (including phenoxy) is 1. The van der Waals surface area contributed by atoms with Crippen molar-refractivity contribution < 1.29 is 9.53 Å². The van der Waals surface area contributed by atoms with Crippen molar-refractivity contribution in [2.45, 2.75) is 26.2 Å². The first-order chi connectivity index (χ1) is 11.6. The molecular formula is C21H25NO2. The van der Waals surface area contributed by atoms with Crippen LogP contribution in [0.2, 0.25) is 0 Å². The lowest BCUT2D eigenvalue weighted by molar-refractivity contribution is -0.118. The van der Waals surface area contributed by atoms with Crippen LogP contribution < -0.4 is 9.64 Å². The first kappa shape index (κ1) is 16.6. The highest BCUT2D eigenvalue weighted by atomic mass is 16.5. The van der Waals surface area contributed by atoms with Crippen molar-refractivity contribution in [3.63, 3.8) is 0 Å². The largest absolute Gasteiger partial charge is 0.497 e. The highest BCUT2D eigenvalue weighted by Crippen LogP contribution is 2.37. The quantitative estimate of drug-likeness (QED) is 0.833. The lowest BCUT2D eigenvalue weighted by atomic mass is 9.79. The average molecular weight is 323 g/mol. The molecule has 1 amide bonds. The Bertz CT molecular complexity index is 681. The molecule has 1 fully saturated rings. The van der Waals surface area contributed by atoms with Crippen molar-refractivity contribution in [3.8, 4) is 5.75 Å². The van der Waals surface area contributed by atoms with E-state index in [2.05, 4.69) is 38.1 Å². The highest BCUT2D eigenvalue weighted by molar-refractivity contribution is 5.94. The molecule has 0 aliphatic carbocycles. The second-order valence-corrected chi connectivity index (χ2v) is 6.76. The summed E-state index contributed by atoms with van der Waals surface area (Å²) in [5.74, 6) is 2.18. The van der Waals surface area contributed by atoms with E-state index in [0.29, 0.717) is 18.3 Å². The van der Waals surface area contributed by atoms with E-state index >= 15 is 0 Å². The molecule has 0 saturated carbocycles. The van der Waals surface area contributed by atoms with Crippen molar-refractivity contribution >= 4 is 11.6 Å². The molecule has 1 heterocycles. The molecule has 3 nitrogen and oxygen atoms in total. The summed E-state index contributed by atoms with van der Waals surface area (Å²) in [7, 11) is 1.65. The van der Waals surface area contributed by atoms with Gasteiger partial charge in [-0.3, -0.25) is 4.79 Å². The molecule has 2 aromatic carbocycles. The zero-order valence-electron chi connectivity index (χ0n) is 14.6. The van der Waals surface area contributed by atoms with E-state index in [1.165, 1.54) is 5.56 Å². The molecule has 2 aromatic rings. The molecule has 0 bridgehead atoms. The molecule has 1 unspecified atom stereocenters. The van der Waals surface area contributed by atoms with E-state index in [1.54, 1.807) is 7.11 Å². The summed E-state index contributed by atoms with van der Waals surface area (Å²) in [5, 5.41) is 0. The van der Waals surface area contributed by atoms with Gasteiger partial charge in [-0.2, -0.15) is 0 Å². The fourth-order valence-electron chi connectivity index (χ4n) is 3.57. The van der Waals surface area contributed by atoms with Crippen LogP contribution in [-0.4, -0.2) is 19.6 Å². The van der Waals surface area contributed by atoms with Gasteiger partial charge in [0.2, 0.25) is 5.91 Å². The number of hydrogen-bond acceptors (Lipinski definition) is 2. The second-order valence-electron chi connectivity index (χ2n) is 6.76. The van der Waals surface area contributed by atoms with Gasteiger partial charge >= 0.3 is 0 Å². The number of carbonyl (C=O) groups excluding carboxylic acids is 1. The summed E-state index contributed by atoms with van der Waals surface area (Å²) in [5.41, 5.74) is 2.22. The SMILES string of the molecule is COc1ccc(N2CC(C)[C@@H](C)[C@H](c3ccccc3)CC2=O)cc1. The Morgan fingerprint density at radius 2 is 1.67 bits per heavy atom. The van der Waals surface area contributed by atoms with Crippen molar-refractivity contribution in [1.29, 1.82) is 0 Å². The van der Waals surface area contributed by atoms with E-state index in [4.69, 9.17) is 4.74 Å². The molecule has 3 atom stereocenters. The van der Waals surface area contributed by atoms with Gasteiger partial charge in [0, 0.05) is 18.7 Å². The Morgan fingerprint density at radius 3 is 2.29 bits per heavy atom. The number of benzene rings is 2. The predicted octanol–water partition coefficient (Wildman–Crippen LogP) is 4.49. The van der Waals surface area contributed by atoms with Gasteiger partial charge in [-0.05, 0) is 47.6 Å². The summed E-state index contributed by atoms with van der Waals surface area (Å²) in [6.07, 6.45) is 0.557. The number of anilines is 1. The van der Waals surface area contributed by atoms with E-state index in [0.717, 1.165) is 18.0 Å². The predicted molar refractivity (Wildman–Crippen MR) is 97.5 cm³/mol. The van der Waals surface area contributed by atoms with Crippen molar-refractivity contribution in [2.24, 2.45) is 11.8 Å². The van der Waals surface area contributed by atoms with Gasteiger partial charge in [-0.15, -0.1) is 0 Å². The minimum atomic E-state index is 0.199. The summed E-state index contributed by atoms with van der Waals surface area (Å²) in [4.78, 5) is 14.9. The van der Waals surface area contributed by atoms with Crippen LogP contribution in [0.3, 0.4) is 0 Å². The molecule has 1 aliphatic heterocycles. The maximum atomic E-state index is 12.9. The third kappa shape index (κ3) is 3.30. The molecule has 0 N–H and O–H groups in total. The summed E-state index contributed by atoms with van der Waals surface area (Å²) < 4.78 is 5.22. The zero-order chi connectivity index (χ0) is 17.1. The van der Waals surface area contributed by atoms with Crippen molar-refractivity contribution in [2.75, 3.05) is 18.6 Å². The molecule has 24 heavy (non-hydrogen) atoms. The average Bonchev–Trinajstić information content (AvgIpc) is 2.74. The van der Waals surface area contributed by atoms with Gasteiger partial charge < -0.3 is 9.64 Å². The summed E-state index contributed by atoms with van der Waals surface area (Å²) in [6.45, 7) is 5.28. The van der Waals surface area contributed by atoms with Crippen LogP contribution in [0.1, 0.15) is 31.7 Å². The standard InChI is InChI=1S/C21H25NO2/c1-15-14-22(18-9-11-19(24-3)12-10-18)21(23)13-20(16(15)2)17-7-5-4-6-8-17/h4-12,15-16,20H,13-14H2,1-3H3/t15?,16-,20-/m1/s1. The van der Waals surface area contributed by atoms with E-state index in [9.17, 15) is 4.79 Å². The fourth-order valence-corrected chi connectivity index (χ4v) is 3.57. The van der Waals surface area contributed by atoms with Gasteiger partial charge in [-0.1, -0.05) is 44.2 Å². The summed E-state index contributed by atoms with van der Waals surface area (Å²) >= 11 is 0. The Balaban J connectivity index is 1.88. The second kappa shape index (κ2) is 7.08. The molecular weight excluding hydrogens is 298 g/mol. The molecule has 0 spiro atoms. The third-order valence-electron chi connectivity index (χ3n) is 5.31. The maximum absolute atomic E-state index is 12.9. The Kier molecular flexibility index (Phi) is 4.89. The number of amides is 1. The lowest BCUT2D eigenvalue weighted by Crippen LogP contribution is -2.33. The minimum Gasteiger partial charge on any atom is -0.497 e. The monoisotopic (exact) mass is 323 g/mol. The van der Waals surface area contributed by atoms with Crippen LogP contribution in [0.5, 0.6) is 5.75 Å². The normalized spacial score (nSPS) is 24.5. The van der Waals surface area contributed by atoms with Gasteiger partial charge in [-0.25, -0.2) is 0 Å². The smallest absolute Gasteiger partial charge is 0.227 e. The Labute approximate surface area is 144 Å². The number of hydrogen-bond donors (Lipinski definition) is 0. The number of rotatable bonds is 3. The topological polar surface area (TPSA) is 29.5 Å². The third-order valence-corrected chi connectivity index (χ3v) is 5.31. The van der Waals surface area contributed by atoms with E-state index in [1.807, 2.05) is 35.2 Å². The molecule has 1 aliphatic rings. The lowest BCUT2D eigenvalue weighted by Gasteiger charge is -2.26. The van der Waals surface area contributed by atoms with E-state index in [-0.39, 0.29) is 11.8 Å². The van der Waals surface area contributed by atoms with Crippen LogP contribution in [0.15, 0.2) is 54.6 Å². The molecule has 1 saturated heterocycles. The molecule has 0 radical (unpaired) electrons. The molecule has 0 aromatic heterocycles. The minimum absolute atomic E-state index is 0.199. The van der Waals surface area contributed by atoms with Crippen molar-refractivity contribution in [1.82, 2.24) is 0 Å².